The number of nitro groups is 1. The molecule has 0 radical (unpaired) electrons. The number of nitro benzene ring substituents is 1. The molecule has 0 aliphatic carbocycles. The molecule has 224 valence electrons. The fraction of sp³-hybridized carbons (Fsp3) is 0.433. The molecule has 0 aliphatic heterocycles. The molecule has 2 heterocycles. The topological polar surface area (TPSA) is 138 Å². The quantitative estimate of drug-likeness (QED) is 0.122. The van der Waals surface area contributed by atoms with E-state index in [0.717, 1.165) is 17.7 Å². The van der Waals surface area contributed by atoms with Crippen molar-refractivity contribution in [3.8, 4) is 0 Å². The Kier molecular flexibility index (Phi) is 10.8. The second kappa shape index (κ2) is 14.7. The minimum Gasteiger partial charge on any atom is -0.395 e. The number of rotatable bonds is 16. The molecular weight excluding hydrogens is 540 g/mol. The number of fused-ring (bicyclic) bond motifs is 1. The van der Waals surface area contributed by atoms with Crippen molar-refractivity contribution in [2.45, 2.75) is 45.8 Å². The molecule has 4 aromatic rings. The first kappa shape index (κ1) is 30.8. The summed E-state index contributed by atoms with van der Waals surface area (Å²) >= 11 is 0. The van der Waals surface area contributed by atoms with E-state index < -0.39 is 16.2 Å². The van der Waals surface area contributed by atoms with Gasteiger partial charge in [-0.2, -0.15) is 0 Å². The summed E-state index contributed by atoms with van der Waals surface area (Å²) in [5, 5.41) is 20.6. The van der Waals surface area contributed by atoms with E-state index in [1.54, 1.807) is 23.8 Å². The molecular formula is C30H38N6O6. The highest BCUT2D eigenvalue weighted by Gasteiger charge is 2.22. The van der Waals surface area contributed by atoms with Gasteiger partial charge in [0.2, 0.25) is 0 Å². The van der Waals surface area contributed by atoms with Crippen LogP contribution in [0.5, 0.6) is 0 Å². The Hall–Kier alpha value is -4.13. The summed E-state index contributed by atoms with van der Waals surface area (Å²) in [6.45, 7) is 5.19. The molecule has 4 rings (SSSR count). The summed E-state index contributed by atoms with van der Waals surface area (Å²) in [6, 6.07) is 16.1. The van der Waals surface area contributed by atoms with Crippen molar-refractivity contribution in [3.05, 3.63) is 103 Å². The molecule has 0 aliphatic rings. The van der Waals surface area contributed by atoms with Gasteiger partial charge in [-0.3, -0.25) is 28.9 Å². The average molecular weight is 579 g/mol. The van der Waals surface area contributed by atoms with Crippen LogP contribution in [0.1, 0.15) is 30.3 Å². The largest absolute Gasteiger partial charge is 0.395 e. The monoisotopic (exact) mass is 578 g/mol. The Morgan fingerprint density at radius 3 is 2.33 bits per heavy atom. The first-order chi connectivity index (χ1) is 20.4. The first-order valence-corrected chi connectivity index (χ1v) is 14.2. The predicted octanol–water partition coefficient (Wildman–Crippen LogP) is 2.45. The number of likely N-dealkylation sites (N-methyl/N-ethyl adjacent to an activating group) is 1. The van der Waals surface area contributed by atoms with Gasteiger partial charge in [0.15, 0.2) is 11.2 Å². The third-order valence-electron chi connectivity index (χ3n) is 7.40. The van der Waals surface area contributed by atoms with Crippen LogP contribution in [0.15, 0.2) is 64.2 Å². The van der Waals surface area contributed by atoms with Gasteiger partial charge in [0, 0.05) is 65.0 Å². The summed E-state index contributed by atoms with van der Waals surface area (Å²) in [4.78, 5) is 45.3. The zero-order chi connectivity index (χ0) is 30.1. The standard InChI is InChI=1S/C30H38N6O6/c1-3-32(19-20-37)17-18-33-26(22-24-8-5-4-6-9-24)31-28-27(33)29(38)35(15-7-21-42-2)30(39)34(28)16-14-23-10-12-25(13-11-23)36(40)41/h4-6,8-13,37H,3,7,14-22H2,1-2H3. The number of aromatic nitrogens is 4. The molecule has 0 atom stereocenters. The van der Waals surface area contributed by atoms with Crippen LogP contribution in [0.3, 0.4) is 0 Å². The van der Waals surface area contributed by atoms with Crippen molar-refractivity contribution in [2.24, 2.45) is 0 Å². The summed E-state index contributed by atoms with van der Waals surface area (Å²) in [7, 11) is 1.57. The number of methoxy groups -OCH3 is 1. The van der Waals surface area contributed by atoms with Gasteiger partial charge in [0.05, 0.1) is 11.5 Å². The van der Waals surface area contributed by atoms with E-state index in [4.69, 9.17) is 9.72 Å². The molecule has 0 unspecified atom stereocenters. The fourth-order valence-electron chi connectivity index (χ4n) is 5.09. The molecule has 0 spiro atoms. The minimum atomic E-state index is -0.450. The number of aliphatic hydroxyl groups excluding tert-OH is 1. The number of hydrogen-bond donors (Lipinski definition) is 1. The Morgan fingerprint density at radius 2 is 1.69 bits per heavy atom. The number of imidazole rings is 1. The van der Waals surface area contributed by atoms with Crippen molar-refractivity contribution in [2.75, 3.05) is 40.0 Å². The second-order valence-electron chi connectivity index (χ2n) is 10.1. The lowest BCUT2D eigenvalue weighted by Crippen LogP contribution is -2.41. The Bertz CT molecular complexity index is 1590. The van der Waals surface area contributed by atoms with Crippen molar-refractivity contribution in [1.29, 1.82) is 0 Å². The Morgan fingerprint density at radius 1 is 0.952 bits per heavy atom. The van der Waals surface area contributed by atoms with E-state index >= 15 is 0 Å². The lowest BCUT2D eigenvalue weighted by atomic mass is 10.1. The predicted molar refractivity (Wildman–Crippen MR) is 160 cm³/mol. The minimum absolute atomic E-state index is 0.00313. The van der Waals surface area contributed by atoms with Crippen molar-refractivity contribution >= 4 is 16.9 Å². The van der Waals surface area contributed by atoms with Crippen LogP contribution < -0.4 is 11.2 Å². The zero-order valence-corrected chi connectivity index (χ0v) is 24.1. The smallest absolute Gasteiger partial charge is 0.332 e. The Labute approximate surface area is 243 Å². The third kappa shape index (κ3) is 7.19. The third-order valence-corrected chi connectivity index (χ3v) is 7.40. The molecule has 2 aromatic carbocycles. The molecule has 12 heteroatoms. The number of nitrogens with zero attached hydrogens (tertiary/aromatic N) is 6. The van der Waals surface area contributed by atoms with Gasteiger partial charge in [-0.05, 0) is 30.5 Å². The highest BCUT2D eigenvalue weighted by molar-refractivity contribution is 5.71. The van der Waals surface area contributed by atoms with Gasteiger partial charge in [-0.25, -0.2) is 9.78 Å². The molecule has 0 saturated heterocycles. The summed E-state index contributed by atoms with van der Waals surface area (Å²) in [5.41, 5.74) is 1.69. The molecule has 0 saturated carbocycles. The summed E-state index contributed by atoms with van der Waals surface area (Å²) in [6.07, 6.45) is 1.39. The second-order valence-corrected chi connectivity index (χ2v) is 10.1. The van der Waals surface area contributed by atoms with Crippen LogP contribution >= 0.6 is 0 Å². The van der Waals surface area contributed by atoms with E-state index in [2.05, 4.69) is 4.90 Å². The van der Waals surface area contributed by atoms with Gasteiger partial charge < -0.3 is 14.4 Å². The van der Waals surface area contributed by atoms with Gasteiger partial charge in [-0.15, -0.1) is 0 Å². The van der Waals surface area contributed by atoms with Crippen LogP contribution in [0.4, 0.5) is 5.69 Å². The number of aliphatic hydroxyl groups is 1. The molecule has 0 bridgehead atoms. The fourth-order valence-corrected chi connectivity index (χ4v) is 5.09. The van der Waals surface area contributed by atoms with Gasteiger partial charge in [-0.1, -0.05) is 49.4 Å². The highest BCUT2D eigenvalue weighted by atomic mass is 16.6. The van der Waals surface area contributed by atoms with Gasteiger partial charge in [0.25, 0.3) is 11.2 Å². The molecule has 2 aromatic heterocycles. The van der Waals surface area contributed by atoms with Crippen molar-refractivity contribution in [3.63, 3.8) is 0 Å². The van der Waals surface area contributed by atoms with Crippen molar-refractivity contribution in [1.82, 2.24) is 23.6 Å². The van der Waals surface area contributed by atoms with Gasteiger partial charge in [0.1, 0.15) is 5.82 Å². The van der Waals surface area contributed by atoms with Crippen LogP contribution in [0.25, 0.3) is 11.2 Å². The van der Waals surface area contributed by atoms with Crippen LogP contribution in [-0.4, -0.2) is 73.6 Å². The Balaban J connectivity index is 1.83. The summed E-state index contributed by atoms with van der Waals surface area (Å²) in [5.74, 6) is 0.673. The molecule has 0 amide bonds. The number of ether oxygens (including phenoxy) is 1. The van der Waals surface area contributed by atoms with Crippen LogP contribution in [-0.2, 0) is 37.2 Å². The number of benzene rings is 2. The lowest BCUT2D eigenvalue weighted by Gasteiger charge is -2.20. The van der Waals surface area contributed by atoms with E-state index in [-0.39, 0.29) is 25.4 Å². The van der Waals surface area contributed by atoms with Gasteiger partial charge >= 0.3 is 5.69 Å². The zero-order valence-electron chi connectivity index (χ0n) is 24.1. The lowest BCUT2D eigenvalue weighted by molar-refractivity contribution is -0.384. The maximum Gasteiger partial charge on any atom is 0.332 e. The maximum absolute atomic E-state index is 13.9. The highest BCUT2D eigenvalue weighted by Crippen LogP contribution is 2.18. The number of non-ortho nitro benzene ring substituents is 1. The van der Waals surface area contributed by atoms with E-state index in [1.165, 1.54) is 16.7 Å². The maximum atomic E-state index is 13.9. The SMILES string of the molecule is CCN(CCO)CCn1c(Cc2ccccc2)nc2c1c(=O)n(CCCOC)c(=O)n2CCc1ccc([N+](=O)[O-])cc1. The summed E-state index contributed by atoms with van der Waals surface area (Å²) < 4.78 is 9.89. The first-order valence-electron chi connectivity index (χ1n) is 14.2. The van der Waals surface area contributed by atoms with Crippen molar-refractivity contribution < 1.29 is 14.8 Å². The van der Waals surface area contributed by atoms with E-state index in [9.17, 15) is 24.8 Å². The van der Waals surface area contributed by atoms with Crippen LogP contribution in [0.2, 0.25) is 0 Å². The number of hydrogen-bond acceptors (Lipinski definition) is 8. The normalized spacial score (nSPS) is 11.5. The van der Waals surface area contributed by atoms with Crippen LogP contribution in [0, 0.1) is 10.1 Å². The molecule has 42 heavy (non-hydrogen) atoms. The molecule has 1 N–H and O–H groups in total. The van der Waals surface area contributed by atoms with E-state index in [1.807, 2.05) is 41.8 Å². The average Bonchev–Trinajstić information content (AvgIpc) is 3.35. The van der Waals surface area contributed by atoms with E-state index in [0.29, 0.717) is 62.5 Å². The molecule has 0 fully saturated rings. The number of aryl methyl sites for hydroxylation is 2. The molecule has 12 nitrogen and oxygen atoms in total.